The van der Waals surface area contributed by atoms with Crippen LogP contribution in [-0.2, 0) is 0 Å². The summed E-state index contributed by atoms with van der Waals surface area (Å²) in [5.74, 6) is 0. The predicted octanol–water partition coefficient (Wildman–Crippen LogP) is 0.940. The van der Waals surface area contributed by atoms with Crippen LogP contribution >= 0.6 is 0 Å². The first-order valence-electron chi connectivity index (χ1n) is 3.48. The minimum atomic E-state index is 0.429. The molecular formula is C9H11N3. The fourth-order valence-electron chi connectivity index (χ4n) is 0.792. The van der Waals surface area contributed by atoms with Crippen LogP contribution in [0.1, 0.15) is 11.4 Å². The molecule has 0 atom stereocenters. The number of hydrogen-bond donors (Lipinski definition) is 2. The van der Waals surface area contributed by atoms with Gasteiger partial charge in [-0.2, -0.15) is 0 Å². The Bertz CT molecular complexity index is 299. The summed E-state index contributed by atoms with van der Waals surface area (Å²) in [6.07, 6.45) is 0. The maximum Gasteiger partial charge on any atom is 0.0860 e. The molecule has 1 rings (SSSR count). The Morgan fingerprint density at radius 1 is 1.08 bits per heavy atom. The number of pyridine rings is 1. The molecule has 0 aliphatic heterocycles. The zero-order valence-corrected chi connectivity index (χ0v) is 6.75. The Hall–Kier alpha value is -1.77. The zero-order chi connectivity index (χ0) is 9.14. The number of hydrogen-bond acceptors (Lipinski definition) is 3. The number of nitrogens with zero attached hydrogens (tertiary/aromatic N) is 1. The van der Waals surface area contributed by atoms with E-state index >= 15 is 0 Å². The minimum absolute atomic E-state index is 0.429. The van der Waals surface area contributed by atoms with E-state index in [2.05, 4.69) is 18.1 Å². The first-order chi connectivity index (χ1) is 5.61. The maximum atomic E-state index is 5.46. The van der Waals surface area contributed by atoms with Crippen LogP contribution in [0.15, 0.2) is 31.4 Å². The van der Waals surface area contributed by atoms with Crippen LogP contribution in [0.2, 0.25) is 0 Å². The molecule has 0 bridgehead atoms. The second-order valence-electron chi connectivity index (χ2n) is 2.46. The van der Waals surface area contributed by atoms with E-state index in [4.69, 9.17) is 11.5 Å². The molecule has 0 fully saturated rings. The topological polar surface area (TPSA) is 64.9 Å². The molecule has 0 aromatic carbocycles. The summed E-state index contributed by atoms with van der Waals surface area (Å²) < 4.78 is 0. The van der Waals surface area contributed by atoms with E-state index in [0.29, 0.717) is 22.8 Å². The highest BCUT2D eigenvalue weighted by Gasteiger charge is 1.98. The van der Waals surface area contributed by atoms with Crippen LogP contribution in [-0.4, -0.2) is 4.98 Å². The van der Waals surface area contributed by atoms with Gasteiger partial charge in [0.15, 0.2) is 0 Å². The van der Waals surface area contributed by atoms with Crippen LogP contribution in [0.3, 0.4) is 0 Å². The van der Waals surface area contributed by atoms with Gasteiger partial charge in [0.1, 0.15) is 0 Å². The summed E-state index contributed by atoms with van der Waals surface area (Å²) >= 11 is 0. The van der Waals surface area contributed by atoms with Gasteiger partial charge in [0, 0.05) is 0 Å². The van der Waals surface area contributed by atoms with Crippen LogP contribution in [0, 0.1) is 0 Å². The van der Waals surface area contributed by atoms with Gasteiger partial charge >= 0.3 is 0 Å². The minimum Gasteiger partial charge on any atom is -0.397 e. The lowest BCUT2D eigenvalue weighted by atomic mass is 10.2. The average Bonchev–Trinajstić information content (AvgIpc) is 2.04. The molecule has 1 aromatic rings. The maximum absolute atomic E-state index is 5.46. The van der Waals surface area contributed by atoms with E-state index in [1.807, 2.05) is 6.07 Å². The van der Waals surface area contributed by atoms with Crippen LogP contribution in [0.5, 0.6) is 0 Å². The fourth-order valence-corrected chi connectivity index (χ4v) is 0.792. The molecule has 0 unspecified atom stereocenters. The summed E-state index contributed by atoms with van der Waals surface area (Å²) in [5, 5.41) is 0. The Balaban J connectivity index is 3.12. The van der Waals surface area contributed by atoms with Crippen molar-refractivity contribution in [2.24, 2.45) is 11.5 Å². The molecule has 0 radical (unpaired) electrons. The summed E-state index contributed by atoms with van der Waals surface area (Å²) in [6.45, 7) is 7.14. The highest BCUT2D eigenvalue weighted by atomic mass is 14.8. The molecule has 0 saturated carbocycles. The van der Waals surface area contributed by atoms with E-state index < -0.39 is 0 Å². The van der Waals surface area contributed by atoms with Gasteiger partial charge in [-0.3, -0.25) is 0 Å². The number of rotatable bonds is 2. The highest BCUT2D eigenvalue weighted by molar-refractivity contribution is 5.61. The van der Waals surface area contributed by atoms with E-state index in [1.54, 1.807) is 12.1 Å². The third-order valence-electron chi connectivity index (χ3n) is 1.41. The predicted molar refractivity (Wildman–Crippen MR) is 50.7 cm³/mol. The van der Waals surface area contributed by atoms with Crippen molar-refractivity contribution in [2.45, 2.75) is 0 Å². The Kier molecular flexibility index (Phi) is 2.14. The fraction of sp³-hybridized carbons (Fsp3) is 0. The van der Waals surface area contributed by atoms with Gasteiger partial charge in [0.25, 0.3) is 0 Å². The van der Waals surface area contributed by atoms with E-state index in [9.17, 15) is 0 Å². The van der Waals surface area contributed by atoms with Crippen molar-refractivity contribution < 1.29 is 0 Å². The average molecular weight is 161 g/mol. The first-order valence-corrected chi connectivity index (χ1v) is 3.48. The van der Waals surface area contributed by atoms with Gasteiger partial charge < -0.3 is 11.5 Å². The number of nitrogens with two attached hydrogens (primary N) is 2. The van der Waals surface area contributed by atoms with Crippen molar-refractivity contribution in [3.8, 4) is 0 Å². The lowest BCUT2D eigenvalue weighted by molar-refractivity contribution is 1.21. The zero-order valence-electron chi connectivity index (χ0n) is 6.75. The third-order valence-corrected chi connectivity index (χ3v) is 1.41. The van der Waals surface area contributed by atoms with Gasteiger partial charge in [-0.15, -0.1) is 0 Å². The monoisotopic (exact) mass is 161 g/mol. The second kappa shape index (κ2) is 3.09. The quantitative estimate of drug-likeness (QED) is 0.678. The Labute approximate surface area is 71.4 Å². The molecule has 12 heavy (non-hydrogen) atoms. The third kappa shape index (κ3) is 1.63. The van der Waals surface area contributed by atoms with Gasteiger partial charge in [-0.1, -0.05) is 19.2 Å². The molecule has 4 N–H and O–H groups in total. The van der Waals surface area contributed by atoms with E-state index in [-0.39, 0.29) is 0 Å². The lowest BCUT2D eigenvalue weighted by Gasteiger charge is -2.02. The number of aromatic nitrogens is 1. The van der Waals surface area contributed by atoms with Crippen molar-refractivity contribution >= 4 is 11.4 Å². The smallest absolute Gasteiger partial charge is 0.0860 e. The van der Waals surface area contributed by atoms with Crippen molar-refractivity contribution in [2.75, 3.05) is 0 Å². The molecule has 1 aromatic heterocycles. The van der Waals surface area contributed by atoms with Crippen molar-refractivity contribution in [3.05, 3.63) is 42.7 Å². The molecular weight excluding hydrogens is 150 g/mol. The Morgan fingerprint density at radius 2 is 1.50 bits per heavy atom. The lowest BCUT2D eigenvalue weighted by Crippen LogP contribution is -2.02. The molecule has 0 saturated heterocycles. The molecule has 3 nitrogen and oxygen atoms in total. The standard InChI is InChI=1S/C9H11N3/c1-6(10)8-4-3-5-9(12-8)7(2)11/h3-5H,1-2,10-11H2. The first kappa shape index (κ1) is 8.33. The van der Waals surface area contributed by atoms with Crippen molar-refractivity contribution in [1.29, 1.82) is 0 Å². The molecule has 1 heterocycles. The van der Waals surface area contributed by atoms with Crippen LogP contribution in [0.4, 0.5) is 0 Å². The highest BCUT2D eigenvalue weighted by Crippen LogP contribution is 2.07. The normalized spacial score (nSPS) is 9.33. The summed E-state index contributed by atoms with van der Waals surface area (Å²) in [6, 6.07) is 5.36. The largest absolute Gasteiger partial charge is 0.397 e. The molecule has 3 heteroatoms. The molecule has 0 aliphatic rings. The molecule has 0 amide bonds. The van der Waals surface area contributed by atoms with Gasteiger partial charge in [-0.25, -0.2) is 4.98 Å². The second-order valence-corrected chi connectivity index (χ2v) is 2.46. The van der Waals surface area contributed by atoms with Gasteiger partial charge in [0.2, 0.25) is 0 Å². The molecule has 0 aliphatic carbocycles. The molecule has 0 spiro atoms. The van der Waals surface area contributed by atoms with Crippen molar-refractivity contribution in [3.63, 3.8) is 0 Å². The summed E-state index contributed by atoms with van der Waals surface area (Å²) in [5.41, 5.74) is 13.0. The summed E-state index contributed by atoms with van der Waals surface area (Å²) in [4.78, 5) is 4.12. The van der Waals surface area contributed by atoms with E-state index in [0.717, 1.165) is 0 Å². The molecule has 62 valence electrons. The van der Waals surface area contributed by atoms with Crippen molar-refractivity contribution in [1.82, 2.24) is 4.98 Å². The van der Waals surface area contributed by atoms with Gasteiger partial charge in [-0.05, 0) is 12.1 Å². The summed E-state index contributed by atoms with van der Waals surface area (Å²) in [7, 11) is 0. The van der Waals surface area contributed by atoms with Gasteiger partial charge in [0.05, 0.1) is 22.8 Å². The Morgan fingerprint density at radius 3 is 1.83 bits per heavy atom. The van der Waals surface area contributed by atoms with E-state index in [1.165, 1.54) is 0 Å². The van der Waals surface area contributed by atoms with Crippen LogP contribution in [0.25, 0.3) is 11.4 Å². The van der Waals surface area contributed by atoms with Crippen LogP contribution < -0.4 is 11.5 Å². The SMILES string of the molecule is C=C(N)c1cccc(C(=C)N)n1.